The van der Waals surface area contributed by atoms with Crippen LogP contribution in [0.4, 0.5) is 5.95 Å². The van der Waals surface area contributed by atoms with Crippen molar-refractivity contribution in [1.29, 1.82) is 0 Å². The van der Waals surface area contributed by atoms with Crippen LogP contribution < -0.4 is 19.5 Å². The molecule has 1 heterocycles. The van der Waals surface area contributed by atoms with Crippen LogP contribution >= 0.6 is 0 Å². The molecular weight excluding hydrogens is 508 g/mol. The zero-order valence-electron chi connectivity index (χ0n) is 22.8. The van der Waals surface area contributed by atoms with E-state index in [1.54, 1.807) is 50.5 Å². The quantitative estimate of drug-likeness (QED) is 0.286. The lowest BCUT2D eigenvalue weighted by molar-refractivity contribution is -0.117. The fourth-order valence-electron chi connectivity index (χ4n) is 4.42. The van der Waals surface area contributed by atoms with Crippen molar-refractivity contribution in [3.8, 4) is 34.2 Å². The summed E-state index contributed by atoms with van der Waals surface area (Å²) in [5, 5.41) is 2.94. The number of rotatable bonds is 11. The maximum absolute atomic E-state index is 13.4. The molecule has 1 fully saturated rings. The number of benzene rings is 3. The number of ether oxygens (including phenoxy) is 3. The predicted molar refractivity (Wildman–Crippen MR) is 152 cm³/mol. The Kier molecular flexibility index (Phi) is 8.00. The van der Waals surface area contributed by atoms with Crippen LogP contribution in [0.5, 0.6) is 17.2 Å². The number of hydrogen-bond acceptors (Lipinski definition) is 6. The molecule has 0 atom stereocenters. The van der Waals surface area contributed by atoms with E-state index in [4.69, 9.17) is 19.2 Å². The van der Waals surface area contributed by atoms with E-state index < -0.39 is 0 Å². The number of imidazole rings is 1. The summed E-state index contributed by atoms with van der Waals surface area (Å²) in [4.78, 5) is 33.1. The van der Waals surface area contributed by atoms with Gasteiger partial charge >= 0.3 is 0 Å². The first kappa shape index (κ1) is 26.8. The number of anilines is 1. The molecule has 2 amide bonds. The van der Waals surface area contributed by atoms with Gasteiger partial charge < -0.3 is 19.1 Å². The highest BCUT2D eigenvalue weighted by molar-refractivity contribution is 5.99. The molecule has 4 aromatic rings. The van der Waals surface area contributed by atoms with Gasteiger partial charge in [-0.2, -0.15) is 0 Å². The van der Waals surface area contributed by atoms with Crippen molar-refractivity contribution in [3.05, 3.63) is 84.6 Å². The summed E-state index contributed by atoms with van der Waals surface area (Å²) in [6.07, 6.45) is 3.97. The Hall–Kier alpha value is -4.79. The summed E-state index contributed by atoms with van der Waals surface area (Å²) in [7, 11) is 4.79. The Bertz CT molecular complexity index is 1480. The van der Waals surface area contributed by atoms with Gasteiger partial charge in [-0.3, -0.25) is 19.5 Å². The van der Waals surface area contributed by atoms with Crippen molar-refractivity contribution in [3.63, 3.8) is 0 Å². The number of hydrogen-bond donors (Lipinski definition) is 1. The Morgan fingerprint density at radius 2 is 1.55 bits per heavy atom. The van der Waals surface area contributed by atoms with E-state index in [1.165, 1.54) is 0 Å². The monoisotopic (exact) mass is 540 g/mol. The molecule has 3 aromatic carbocycles. The highest BCUT2D eigenvalue weighted by Gasteiger charge is 2.29. The summed E-state index contributed by atoms with van der Waals surface area (Å²) in [6, 6.07) is 22.0. The minimum absolute atomic E-state index is 0.0973. The third kappa shape index (κ3) is 6.26. The fourth-order valence-corrected chi connectivity index (χ4v) is 4.42. The topological polar surface area (TPSA) is 94.9 Å². The molecule has 5 rings (SSSR count). The molecule has 0 aliphatic heterocycles. The molecule has 9 heteroatoms. The first-order valence-corrected chi connectivity index (χ1v) is 13.1. The Balaban J connectivity index is 1.41. The summed E-state index contributed by atoms with van der Waals surface area (Å²) >= 11 is 0. The molecule has 0 spiro atoms. The minimum Gasteiger partial charge on any atom is -0.497 e. The second kappa shape index (κ2) is 11.9. The summed E-state index contributed by atoms with van der Waals surface area (Å²) < 4.78 is 17.7. The van der Waals surface area contributed by atoms with E-state index in [0.29, 0.717) is 35.4 Å². The Morgan fingerprint density at radius 1 is 0.900 bits per heavy atom. The average Bonchev–Trinajstić information content (AvgIpc) is 3.73. The van der Waals surface area contributed by atoms with Crippen molar-refractivity contribution in [2.24, 2.45) is 5.92 Å². The summed E-state index contributed by atoms with van der Waals surface area (Å²) in [6.45, 7) is 0.424. The number of nitrogens with one attached hydrogen (secondary N) is 1. The van der Waals surface area contributed by atoms with Crippen LogP contribution in [0, 0.1) is 5.92 Å². The first-order chi connectivity index (χ1) is 19.5. The molecule has 9 nitrogen and oxygen atoms in total. The van der Waals surface area contributed by atoms with Crippen LogP contribution in [0.1, 0.15) is 23.2 Å². The fraction of sp³-hybridized carbons (Fsp3) is 0.258. The van der Waals surface area contributed by atoms with E-state index in [-0.39, 0.29) is 18.4 Å². The van der Waals surface area contributed by atoms with Gasteiger partial charge in [0.25, 0.3) is 5.91 Å². The van der Waals surface area contributed by atoms with E-state index in [9.17, 15) is 9.59 Å². The molecule has 0 radical (unpaired) electrons. The van der Waals surface area contributed by atoms with Crippen molar-refractivity contribution in [2.45, 2.75) is 12.8 Å². The normalized spacial score (nSPS) is 12.5. The second-order valence-corrected chi connectivity index (χ2v) is 9.66. The molecule has 0 bridgehead atoms. The predicted octanol–water partition coefficient (Wildman–Crippen LogP) is 5.06. The van der Waals surface area contributed by atoms with E-state index >= 15 is 0 Å². The molecule has 1 N–H and O–H groups in total. The zero-order valence-corrected chi connectivity index (χ0v) is 22.8. The largest absolute Gasteiger partial charge is 0.497 e. The van der Waals surface area contributed by atoms with E-state index in [1.807, 2.05) is 59.3 Å². The maximum atomic E-state index is 13.4. The van der Waals surface area contributed by atoms with Gasteiger partial charge in [0.05, 0.1) is 27.0 Å². The van der Waals surface area contributed by atoms with Gasteiger partial charge in [0.2, 0.25) is 11.9 Å². The molecule has 1 saturated carbocycles. The molecule has 1 aliphatic rings. The van der Waals surface area contributed by atoms with Gasteiger partial charge in [-0.05, 0) is 85.5 Å². The minimum atomic E-state index is -0.335. The molecule has 0 unspecified atom stereocenters. The summed E-state index contributed by atoms with van der Waals surface area (Å²) in [5.41, 5.74) is 2.82. The first-order valence-electron chi connectivity index (χ1n) is 13.1. The number of nitrogens with zero attached hydrogens (tertiary/aromatic N) is 3. The van der Waals surface area contributed by atoms with Crippen LogP contribution in [0.3, 0.4) is 0 Å². The van der Waals surface area contributed by atoms with Crippen LogP contribution in [-0.2, 0) is 4.79 Å². The van der Waals surface area contributed by atoms with Crippen LogP contribution in [0.2, 0.25) is 0 Å². The van der Waals surface area contributed by atoms with Crippen LogP contribution in [0.25, 0.3) is 16.9 Å². The van der Waals surface area contributed by atoms with E-state index in [2.05, 4.69) is 5.32 Å². The van der Waals surface area contributed by atoms with Gasteiger partial charge in [-0.15, -0.1) is 0 Å². The van der Waals surface area contributed by atoms with Crippen molar-refractivity contribution >= 4 is 17.8 Å². The highest BCUT2D eigenvalue weighted by Crippen LogP contribution is 2.31. The number of carbonyl (C=O) groups is 2. The van der Waals surface area contributed by atoms with Gasteiger partial charge in [-0.1, -0.05) is 6.07 Å². The van der Waals surface area contributed by atoms with Crippen LogP contribution in [-0.4, -0.2) is 60.7 Å². The zero-order chi connectivity index (χ0) is 28.1. The number of methoxy groups -OCH3 is 3. The van der Waals surface area contributed by atoms with Gasteiger partial charge in [0.15, 0.2) is 0 Å². The molecule has 206 valence electrons. The van der Waals surface area contributed by atoms with Crippen LogP contribution in [0.15, 0.2) is 79.0 Å². The third-order valence-electron chi connectivity index (χ3n) is 6.81. The molecule has 40 heavy (non-hydrogen) atoms. The van der Waals surface area contributed by atoms with Gasteiger partial charge in [0.1, 0.15) is 23.8 Å². The van der Waals surface area contributed by atoms with E-state index in [0.717, 1.165) is 35.6 Å². The van der Waals surface area contributed by atoms with Gasteiger partial charge in [0, 0.05) is 29.6 Å². The number of aromatic nitrogens is 2. The smallest absolute Gasteiger partial charge is 0.254 e. The van der Waals surface area contributed by atoms with Crippen molar-refractivity contribution < 1.29 is 23.8 Å². The molecule has 1 aliphatic carbocycles. The highest BCUT2D eigenvalue weighted by atomic mass is 16.5. The standard InChI is InChI=1S/C31H32N4O5/c1-38-25-13-9-22(10-14-25)28-19-35(24-11-15-26(39-2)16-12-24)31(32-28)33-29(36)20-34(18-21-7-8-21)30(37)23-5-4-6-27(17-23)40-3/h4-6,9-17,19,21H,7-8,18,20H2,1-3H3,(H,32,33,36). The van der Waals surface area contributed by atoms with Crippen molar-refractivity contribution in [1.82, 2.24) is 14.5 Å². The number of amides is 2. The SMILES string of the molecule is COc1ccc(-c2cn(-c3ccc(OC)cc3)c(NC(=O)CN(CC3CC3)C(=O)c3cccc(OC)c3)n2)cc1. The lowest BCUT2D eigenvalue weighted by Crippen LogP contribution is -2.39. The molecule has 0 saturated heterocycles. The Morgan fingerprint density at radius 3 is 2.17 bits per heavy atom. The average molecular weight is 541 g/mol. The van der Waals surface area contributed by atoms with Crippen molar-refractivity contribution in [2.75, 3.05) is 39.7 Å². The summed E-state index contributed by atoms with van der Waals surface area (Å²) in [5.74, 6) is 2.26. The Labute approximate surface area is 233 Å². The third-order valence-corrected chi connectivity index (χ3v) is 6.81. The lowest BCUT2D eigenvalue weighted by atomic mass is 10.1. The maximum Gasteiger partial charge on any atom is 0.254 e. The second-order valence-electron chi connectivity index (χ2n) is 9.66. The number of carbonyl (C=O) groups excluding carboxylic acids is 2. The lowest BCUT2D eigenvalue weighted by Gasteiger charge is -2.22. The molecular formula is C31H32N4O5. The molecule has 1 aromatic heterocycles. The van der Waals surface area contributed by atoms with Gasteiger partial charge in [-0.25, -0.2) is 4.98 Å².